The Bertz CT molecular complexity index is 2080. The maximum Gasteiger partial charge on any atom is 0.472 e. The third-order valence-electron chi connectivity index (χ3n) is 21.9. The summed E-state index contributed by atoms with van der Waals surface area (Å²) in [4.78, 5) is 73.4. The maximum atomic E-state index is 13.2. The van der Waals surface area contributed by atoms with E-state index in [1.807, 2.05) is 0 Å². The molecule has 3 unspecified atom stereocenters. The van der Waals surface area contributed by atoms with Crippen LogP contribution in [0.1, 0.15) is 497 Å². The normalized spacial score (nSPS) is 13.9. The standard InChI is InChI=1S/C91H178O17P2/c1-6-10-13-16-19-22-25-28-29-30-31-32-33-34-38-41-46-50-55-60-65-70-75-89(94)102-81-87(108-91(96)77-72-67-62-57-52-47-42-39-36-35-37-40-45-48-53-58-63-68-73-84(5)9-4)83-106-110(99,100)104-79-85(92)78-103-109(97,98)105-82-86(107-90(95)76-71-66-61-56-51-44-27-24-21-18-15-12-8-3)80-101-88(93)74-69-64-59-54-49-43-26-23-20-17-14-11-7-2/h84-87,92H,6-83H2,1-5H3,(H,97,98)(H,99,100)/t84?,85-,86+,87+/m0/s1. The largest absolute Gasteiger partial charge is 0.472 e. The number of hydrogen-bond donors (Lipinski definition) is 3. The number of phosphoric ester groups is 2. The van der Waals surface area contributed by atoms with Gasteiger partial charge in [0.2, 0.25) is 0 Å². The first-order valence-corrected chi connectivity index (χ1v) is 50.2. The van der Waals surface area contributed by atoms with Gasteiger partial charge < -0.3 is 33.8 Å². The van der Waals surface area contributed by atoms with E-state index in [0.29, 0.717) is 25.7 Å². The van der Waals surface area contributed by atoms with Gasteiger partial charge in [0.15, 0.2) is 12.2 Å². The minimum absolute atomic E-state index is 0.109. The molecule has 110 heavy (non-hydrogen) atoms. The molecule has 0 heterocycles. The fourth-order valence-electron chi connectivity index (χ4n) is 14.3. The predicted molar refractivity (Wildman–Crippen MR) is 455 cm³/mol. The minimum Gasteiger partial charge on any atom is -0.462 e. The number of ether oxygens (including phenoxy) is 4. The molecule has 0 aromatic carbocycles. The first-order valence-electron chi connectivity index (χ1n) is 47.2. The Hall–Kier alpha value is -1.94. The molecule has 0 fully saturated rings. The molecule has 0 saturated carbocycles. The quantitative estimate of drug-likeness (QED) is 0.0222. The molecule has 3 N–H and O–H groups in total. The number of hydrogen-bond acceptors (Lipinski definition) is 15. The number of carbonyl (C=O) groups excluding carboxylic acids is 4. The van der Waals surface area contributed by atoms with Crippen molar-refractivity contribution in [3.63, 3.8) is 0 Å². The van der Waals surface area contributed by atoms with E-state index in [0.717, 1.165) is 95.8 Å². The highest BCUT2D eigenvalue weighted by Crippen LogP contribution is 2.45. The van der Waals surface area contributed by atoms with Crippen molar-refractivity contribution in [2.75, 3.05) is 39.6 Å². The van der Waals surface area contributed by atoms with Crippen molar-refractivity contribution in [1.82, 2.24) is 0 Å². The second kappa shape index (κ2) is 83.5. The van der Waals surface area contributed by atoms with Gasteiger partial charge in [0.25, 0.3) is 0 Å². The summed E-state index contributed by atoms with van der Waals surface area (Å²) in [5.41, 5.74) is 0. The highest BCUT2D eigenvalue weighted by molar-refractivity contribution is 7.47. The van der Waals surface area contributed by atoms with Crippen LogP contribution in [0.15, 0.2) is 0 Å². The molecule has 0 aliphatic carbocycles. The van der Waals surface area contributed by atoms with Crippen LogP contribution in [0.2, 0.25) is 0 Å². The van der Waals surface area contributed by atoms with Crippen LogP contribution in [0.4, 0.5) is 0 Å². The van der Waals surface area contributed by atoms with E-state index in [4.69, 9.17) is 37.0 Å². The molecule has 0 amide bonds. The minimum atomic E-state index is -4.97. The Morgan fingerprint density at radius 3 is 0.645 bits per heavy atom. The molecule has 0 rings (SSSR count). The number of esters is 4. The summed E-state index contributed by atoms with van der Waals surface area (Å²) in [6, 6.07) is 0. The van der Waals surface area contributed by atoms with Crippen molar-refractivity contribution in [2.24, 2.45) is 5.92 Å². The molecule has 6 atom stereocenters. The highest BCUT2D eigenvalue weighted by Gasteiger charge is 2.31. The zero-order chi connectivity index (χ0) is 80.4. The van der Waals surface area contributed by atoms with E-state index >= 15 is 0 Å². The Morgan fingerprint density at radius 1 is 0.255 bits per heavy atom. The molecule has 654 valence electrons. The van der Waals surface area contributed by atoms with E-state index in [1.54, 1.807) is 0 Å². The molecule has 0 aliphatic heterocycles. The highest BCUT2D eigenvalue weighted by atomic mass is 31.2. The Balaban J connectivity index is 5.22. The first kappa shape index (κ1) is 108. The lowest BCUT2D eigenvalue weighted by Crippen LogP contribution is -2.30. The SMILES string of the molecule is CCCCCCCCCCCCCCCCCCCCCCCCC(=O)OC[C@H](COP(=O)(O)OC[C@@H](O)COP(=O)(O)OC[C@@H](COC(=O)CCCCCCCCCCCCCCC)OC(=O)CCCCCCCCCCCCCCC)OC(=O)CCCCCCCCCCCCCCCCCCCCC(C)CC. The molecule has 17 nitrogen and oxygen atoms in total. The van der Waals surface area contributed by atoms with Crippen LogP contribution in [-0.2, 0) is 65.4 Å². The van der Waals surface area contributed by atoms with Gasteiger partial charge in [-0.25, -0.2) is 9.13 Å². The third-order valence-corrected chi connectivity index (χ3v) is 23.8. The van der Waals surface area contributed by atoms with E-state index in [2.05, 4.69) is 34.6 Å². The number of phosphoric acid groups is 2. The topological polar surface area (TPSA) is 237 Å². The van der Waals surface area contributed by atoms with Gasteiger partial charge >= 0.3 is 39.5 Å². The second-order valence-electron chi connectivity index (χ2n) is 32.9. The molecule has 0 aromatic heterocycles. The summed E-state index contributed by atoms with van der Waals surface area (Å²) in [7, 11) is -9.93. The van der Waals surface area contributed by atoms with Gasteiger partial charge in [0.05, 0.1) is 26.4 Å². The Labute approximate surface area is 677 Å². The van der Waals surface area contributed by atoms with Crippen molar-refractivity contribution in [3.05, 3.63) is 0 Å². The van der Waals surface area contributed by atoms with Gasteiger partial charge in [-0.05, 0) is 31.6 Å². The lowest BCUT2D eigenvalue weighted by molar-refractivity contribution is -0.161. The predicted octanol–water partition coefficient (Wildman–Crippen LogP) is 28.3. The van der Waals surface area contributed by atoms with Crippen LogP contribution in [-0.4, -0.2) is 96.7 Å². The molecule has 0 saturated heterocycles. The summed E-state index contributed by atoms with van der Waals surface area (Å²) in [5.74, 6) is -1.22. The van der Waals surface area contributed by atoms with E-state index in [-0.39, 0.29) is 25.7 Å². The van der Waals surface area contributed by atoms with Gasteiger partial charge in [-0.15, -0.1) is 0 Å². The average molecular weight is 1610 g/mol. The number of aliphatic hydroxyl groups is 1. The lowest BCUT2D eigenvalue weighted by Gasteiger charge is -2.21. The van der Waals surface area contributed by atoms with Crippen molar-refractivity contribution in [3.8, 4) is 0 Å². The molecular formula is C91H178O17P2. The number of rotatable bonds is 91. The number of aliphatic hydroxyl groups excluding tert-OH is 1. The fourth-order valence-corrected chi connectivity index (χ4v) is 15.9. The summed E-state index contributed by atoms with van der Waals surface area (Å²) >= 11 is 0. The fraction of sp³-hybridized carbons (Fsp3) is 0.956. The smallest absolute Gasteiger partial charge is 0.462 e. The third kappa shape index (κ3) is 82.6. The summed E-state index contributed by atoms with van der Waals surface area (Å²) < 4.78 is 69.0. The van der Waals surface area contributed by atoms with Crippen LogP contribution >= 0.6 is 15.6 Å². The molecule has 0 spiro atoms. The molecule has 0 aromatic rings. The van der Waals surface area contributed by atoms with Gasteiger partial charge in [-0.2, -0.15) is 0 Å². The molecule has 0 bridgehead atoms. The lowest BCUT2D eigenvalue weighted by atomic mass is 9.99. The molecule has 0 aliphatic rings. The van der Waals surface area contributed by atoms with Crippen molar-refractivity contribution < 1.29 is 80.2 Å². The first-order chi connectivity index (χ1) is 53.6. The van der Waals surface area contributed by atoms with Gasteiger partial charge in [-0.1, -0.05) is 446 Å². The number of carbonyl (C=O) groups is 4. The van der Waals surface area contributed by atoms with Crippen molar-refractivity contribution in [2.45, 2.75) is 515 Å². The molecule has 19 heteroatoms. The average Bonchev–Trinajstić information content (AvgIpc) is 0.899. The van der Waals surface area contributed by atoms with Crippen LogP contribution in [0.3, 0.4) is 0 Å². The van der Waals surface area contributed by atoms with Crippen LogP contribution in [0.25, 0.3) is 0 Å². The monoisotopic (exact) mass is 1610 g/mol. The Kier molecular flexibility index (Phi) is 82.1. The zero-order valence-electron chi connectivity index (χ0n) is 72.4. The second-order valence-corrected chi connectivity index (χ2v) is 35.8. The summed E-state index contributed by atoms with van der Waals surface area (Å²) in [6.45, 7) is 7.46. The van der Waals surface area contributed by atoms with E-state index < -0.39 is 97.5 Å². The van der Waals surface area contributed by atoms with E-state index in [9.17, 15) is 43.2 Å². The van der Waals surface area contributed by atoms with Crippen LogP contribution in [0, 0.1) is 5.92 Å². The summed E-state index contributed by atoms with van der Waals surface area (Å²) in [5, 5.41) is 10.7. The van der Waals surface area contributed by atoms with Crippen LogP contribution < -0.4 is 0 Å². The zero-order valence-corrected chi connectivity index (χ0v) is 74.2. The van der Waals surface area contributed by atoms with Crippen molar-refractivity contribution >= 4 is 39.5 Å². The van der Waals surface area contributed by atoms with Crippen LogP contribution in [0.5, 0.6) is 0 Å². The summed E-state index contributed by atoms with van der Waals surface area (Å²) in [6.07, 6.45) is 79.2. The maximum absolute atomic E-state index is 13.2. The van der Waals surface area contributed by atoms with Crippen molar-refractivity contribution in [1.29, 1.82) is 0 Å². The van der Waals surface area contributed by atoms with Gasteiger partial charge in [-0.3, -0.25) is 37.3 Å². The van der Waals surface area contributed by atoms with Gasteiger partial charge in [0.1, 0.15) is 19.3 Å². The van der Waals surface area contributed by atoms with E-state index in [1.165, 1.54) is 321 Å². The molecule has 0 radical (unpaired) electrons. The number of unbranched alkanes of at least 4 members (excludes halogenated alkanes) is 62. The molecular weight excluding hydrogens is 1430 g/mol. The van der Waals surface area contributed by atoms with Gasteiger partial charge in [0, 0.05) is 25.7 Å². The Morgan fingerprint density at radius 2 is 0.436 bits per heavy atom.